The zero-order chi connectivity index (χ0) is 30.2. The number of ether oxygens (including phenoxy) is 1. The van der Waals surface area contributed by atoms with Gasteiger partial charge in [-0.05, 0) is 45.1 Å². The third-order valence-corrected chi connectivity index (χ3v) is 8.64. The molecule has 0 radical (unpaired) electrons. The number of piperazine rings is 2. The lowest BCUT2D eigenvalue weighted by Crippen LogP contribution is -2.51. The van der Waals surface area contributed by atoms with E-state index < -0.39 is 0 Å². The first-order valence-electron chi connectivity index (χ1n) is 15.6. The minimum absolute atomic E-state index is 0.0111. The van der Waals surface area contributed by atoms with Crippen LogP contribution in [0.4, 0.5) is 11.4 Å². The van der Waals surface area contributed by atoms with Gasteiger partial charge in [-0.3, -0.25) is 19.4 Å². The van der Waals surface area contributed by atoms with Crippen LogP contribution in [0, 0.1) is 0 Å². The molecule has 0 unspecified atom stereocenters. The molecule has 0 atom stereocenters. The van der Waals surface area contributed by atoms with Crippen LogP contribution < -0.4 is 9.64 Å². The van der Waals surface area contributed by atoms with E-state index in [1.54, 1.807) is 23.4 Å². The van der Waals surface area contributed by atoms with Gasteiger partial charge in [0.2, 0.25) is 11.8 Å². The van der Waals surface area contributed by atoms with Gasteiger partial charge in [0.1, 0.15) is 18.8 Å². The molecule has 0 N–H and O–H groups in total. The normalized spacial score (nSPS) is 19.7. The number of rotatable bonds is 4. The molecule has 11 nitrogen and oxygen atoms in total. The largest absolute Gasteiger partial charge is 0.491 e. The van der Waals surface area contributed by atoms with E-state index in [1.807, 2.05) is 39.0 Å². The lowest BCUT2D eigenvalue weighted by molar-refractivity contribution is -0.133. The standard InChI is InChI=1S/C32H45N7O4/c1-34-12-16-36(17-13-34)30(40)24-38-11-7-3-4-8-20-43-29-10-6-5-9-28(29)39(27-21-26(32(38)42)22-33-23-27)25-31(41)37-18-14-35(2)15-19-37/h5-6,9-10,21-23H,3-4,7-8,11-20,24-25H2,1-2H3. The quantitative estimate of drug-likeness (QED) is 0.535. The summed E-state index contributed by atoms with van der Waals surface area (Å²) in [7, 11) is 4.12. The van der Waals surface area contributed by atoms with E-state index in [0.717, 1.165) is 57.5 Å². The topological polar surface area (TPSA) is 92.8 Å². The summed E-state index contributed by atoms with van der Waals surface area (Å²) in [6.45, 7) is 7.21. The molecule has 2 saturated heterocycles. The fourth-order valence-electron chi connectivity index (χ4n) is 5.80. The first kappa shape index (κ1) is 30.7. The minimum Gasteiger partial charge on any atom is -0.491 e. The van der Waals surface area contributed by atoms with E-state index in [4.69, 9.17) is 4.74 Å². The summed E-state index contributed by atoms with van der Waals surface area (Å²) in [4.78, 5) is 57.0. The van der Waals surface area contributed by atoms with Crippen LogP contribution in [0.15, 0.2) is 42.7 Å². The summed E-state index contributed by atoms with van der Waals surface area (Å²) >= 11 is 0. The Labute approximate surface area is 255 Å². The van der Waals surface area contributed by atoms with Crippen molar-refractivity contribution in [2.24, 2.45) is 0 Å². The number of benzene rings is 1. The van der Waals surface area contributed by atoms with E-state index in [9.17, 15) is 14.4 Å². The van der Waals surface area contributed by atoms with E-state index in [1.165, 1.54) is 0 Å². The molecule has 3 aliphatic heterocycles. The number of nitrogens with zero attached hydrogens (tertiary/aromatic N) is 7. The number of para-hydroxylation sites is 2. The summed E-state index contributed by atoms with van der Waals surface area (Å²) < 4.78 is 6.25. The maximum absolute atomic E-state index is 14.0. The van der Waals surface area contributed by atoms with Crippen molar-refractivity contribution in [1.29, 1.82) is 0 Å². The van der Waals surface area contributed by atoms with Gasteiger partial charge in [-0.1, -0.05) is 25.0 Å². The summed E-state index contributed by atoms with van der Waals surface area (Å²) in [6, 6.07) is 9.52. The van der Waals surface area contributed by atoms with Gasteiger partial charge in [-0.2, -0.15) is 0 Å². The van der Waals surface area contributed by atoms with E-state index >= 15 is 0 Å². The van der Waals surface area contributed by atoms with Gasteiger partial charge >= 0.3 is 0 Å². The predicted molar refractivity (Wildman–Crippen MR) is 166 cm³/mol. The monoisotopic (exact) mass is 591 g/mol. The van der Waals surface area contributed by atoms with Gasteiger partial charge in [0.05, 0.1) is 29.7 Å². The van der Waals surface area contributed by atoms with Crippen molar-refractivity contribution in [2.45, 2.75) is 25.7 Å². The van der Waals surface area contributed by atoms with Gasteiger partial charge in [-0.25, -0.2) is 0 Å². The van der Waals surface area contributed by atoms with Gasteiger partial charge in [-0.15, -0.1) is 0 Å². The van der Waals surface area contributed by atoms with Crippen LogP contribution in [0.3, 0.4) is 0 Å². The Bertz CT molecular complexity index is 1260. The molecule has 5 rings (SSSR count). The highest BCUT2D eigenvalue weighted by Crippen LogP contribution is 2.34. The highest BCUT2D eigenvalue weighted by molar-refractivity contribution is 5.97. The van der Waals surface area contributed by atoms with Crippen molar-refractivity contribution in [3.8, 4) is 5.75 Å². The molecule has 2 fully saturated rings. The second-order valence-corrected chi connectivity index (χ2v) is 11.8. The lowest BCUT2D eigenvalue weighted by atomic mass is 10.1. The van der Waals surface area contributed by atoms with Crippen LogP contribution in [-0.2, 0) is 9.59 Å². The SMILES string of the molecule is CN1CCN(C(=O)CN2CCCCCCOc3ccccc3N(CC(=O)N3CCN(C)CC3)c3cncc(c3)C2=O)CC1. The van der Waals surface area contributed by atoms with Crippen molar-refractivity contribution < 1.29 is 19.1 Å². The number of carbonyl (C=O) groups excluding carboxylic acids is 3. The molecule has 2 bridgehead atoms. The first-order chi connectivity index (χ1) is 20.9. The van der Waals surface area contributed by atoms with Crippen LogP contribution in [0.25, 0.3) is 0 Å². The molecule has 1 aromatic heterocycles. The summed E-state index contributed by atoms with van der Waals surface area (Å²) in [5.74, 6) is 0.461. The number of amides is 3. The van der Waals surface area contributed by atoms with Crippen LogP contribution in [0.5, 0.6) is 5.75 Å². The Morgan fingerprint density at radius 1 is 0.767 bits per heavy atom. The Morgan fingerprint density at radius 3 is 2.09 bits per heavy atom. The number of aromatic nitrogens is 1. The van der Waals surface area contributed by atoms with E-state index in [2.05, 4.69) is 28.9 Å². The third kappa shape index (κ3) is 8.03. The highest BCUT2D eigenvalue weighted by Gasteiger charge is 2.27. The number of carbonyl (C=O) groups is 3. The van der Waals surface area contributed by atoms with Crippen LogP contribution in [0.1, 0.15) is 36.0 Å². The van der Waals surface area contributed by atoms with Gasteiger partial charge in [0.25, 0.3) is 5.91 Å². The molecule has 1 aromatic carbocycles. The number of hydrogen-bond donors (Lipinski definition) is 0. The fourth-order valence-corrected chi connectivity index (χ4v) is 5.80. The molecule has 0 saturated carbocycles. The van der Waals surface area contributed by atoms with E-state index in [0.29, 0.717) is 56.3 Å². The Balaban J connectivity index is 1.44. The number of pyridine rings is 1. The Kier molecular flexibility index (Phi) is 10.5. The number of hydrogen-bond acceptors (Lipinski definition) is 8. The zero-order valence-corrected chi connectivity index (χ0v) is 25.6. The average molecular weight is 592 g/mol. The fraction of sp³-hybridized carbons (Fsp3) is 0.562. The Morgan fingerprint density at radius 2 is 1.40 bits per heavy atom. The molecule has 3 amide bonds. The smallest absolute Gasteiger partial charge is 0.255 e. The van der Waals surface area contributed by atoms with E-state index in [-0.39, 0.29) is 30.8 Å². The minimum atomic E-state index is -0.221. The van der Waals surface area contributed by atoms with Crippen molar-refractivity contribution in [1.82, 2.24) is 29.5 Å². The van der Waals surface area contributed by atoms with Gasteiger partial charge < -0.3 is 34.1 Å². The molecular weight excluding hydrogens is 546 g/mol. The molecule has 43 heavy (non-hydrogen) atoms. The summed E-state index contributed by atoms with van der Waals surface area (Å²) in [5.41, 5.74) is 1.78. The van der Waals surface area contributed by atoms with Crippen LogP contribution in [0.2, 0.25) is 0 Å². The molecule has 11 heteroatoms. The molecule has 3 aliphatic rings. The molecule has 232 valence electrons. The molecule has 4 heterocycles. The molecule has 2 aromatic rings. The average Bonchev–Trinajstić information content (AvgIpc) is 3.03. The molecule has 0 aliphatic carbocycles. The van der Waals surface area contributed by atoms with Crippen molar-refractivity contribution in [3.05, 3.63) is 48.3 Å². The third-order valence-electron chi connectivity index (χ3n) is 8.64. The van der Waals surface area contributed by atoms with Crippen LogP contribution >= 0.6 is 0 Å². The predicted octanol–water partition coefficient (Wildman–Crippen LogP) is 2.16. The summed E-state index contributed by atoms with van der Waals surface area (Å²) in [5, 5.41) is 0. The Hall–Kier alpha value is -3.70. The molecular formula is C32H45N7O4. The summed E-state index contributed by atoms with van der Waals surface area (Å²) in [6.07, 6.45) is 6.80. The number of fused-ring (bicyclic) bond motifs is 3. The number of anilines is 2. The maximum Gasteiger partial charge on any atom is 0.255 e. The molecule has 0 spiro atoms. The first-order valence-corrected chi connectivity index (χ1v) is 15.6. The van der Waals surface area contributed by atoms with Crippen molar-refractivity contribution in [2.75, 3.05) is 97.6 Å². The van der Waals surface area contributed by atoms with Crippen molar-refractivity contribution in [3.63, 3.8) is 0 Å². The number of likely N-dealkylation sites (N-methyl/N-ethyl adjacent to an activating group) is 2. The maximum atomic E-state index is 14.0. The highest BCUT2D eigenvalue weighted by atomic mass is 16.5. The van der Waals surface area contributed by atoms with Crippen molar-refractivity contribution >= 4 is 29.1 Å². The van der Waals surface area contributed by atoms with Gasteiger partial charge in [0.15, 0.2) is 0 Å². The zero-order valence-electron chi connectivity index (χ0n) is 25.6. The lowest BCUT2D eigenvalue weighted by Gasteiger charge is -2.35. The second kappa shape index (κ2) is 14.7. The van der Waals surface area contributed by atoms with Gasteiger partial charge in [0, 0.05) is 65.1 Å². The van der Waals surface area contributed by atoms with Crippen LogP contribution in [-0.4, -0.2) is 140 Å². The second-order valence-electron chi connectivity index (χ2n) is 11.8.